The number of carbonyl (C=O) groups excluding carboxylic acids is 2. The van der Waals surface area contributed by atoms with E-state index in [1.54, 1.807) is 0 Å². The van der Waals surface area contributed by atoms with Gasteiger partial charge in [0.25, 0.3) is 0 Å². The van der Waals surface area contributed by atoms with Crippen molar-refractivity contribution >= 4 is 11.9 Å². The maximum atomic E-state index is 13.0. The van der Waals surface area contributed by atoms with E-state index in [1.165, 1.54) is 0 Å². The van der Waals surface area contributed by atoms with Gasteiger partial charge in [-0.1, -0.05) is 32.8 Å². The molecular weight excluding hydrogens is 352 g/mol. The predicted molar refractivity (Wildman–Crippen MR) is 105 cm³/mol. The SMILES string of the molecule is CCC/C=C1\OC(=O)C2=C1CC[C@H]1[C@H]3C=C4C(=O)O/C(=C\CCC)[C@@]4(CC3)[C@@H]21. The Morgan fingerprint density at radius 1 is 1.07 bits per heavy atom. The number of allylic oxidation sites excluding steroid dienone is 5. The minimum absolute atomic E-state index is 0.0181. The van der Waals surface area contributed by atoms with E-state index in [9.17, 15) is 9.59 Å². The van der Waals surface area contributed by atoms with Crippen molar-refractivity contribution in [2.75, 3.05) is 0 Å². The molecule has 148 valence electrons. The number of rotatable bonds is 4. The zero-order valence-electron chi connectivity index (χ0n) is 16.8. The van der Waals surface area contributed by atoms with Crippen LogP contribution in [-0.4, -0.2) is 11.9 Å². The van der Waals surface area contributed by atoms with E-state index in [1.807, 2.05) is 0 Å². The second-order valence-corrected chi connectivity index (χ2v) is 8.82. The topological polar surface area (TPSA) is 52.6 Å². The van der Waals surface area contributed by atoms with Crippen LogP contribution in [0.4, 0.5) is 0 Å². The van der Waals surface area contributed by atoms with Gasteiger partial charge < -0.3 is 9.47 Å². The van der Waals surface area contributed by atoms with Crippen LogP contribution in [-0.2, 0) is 19.1 Å². The van der Waals surface area contributed by atoms with Gasteiger partial charge in [0.1, 0.15) is 11.5 Å². The summed E-state index contributed by atoms with van der Waals surface area (Å²) in [5.74, 6) is 1.96. The van der Waals surface area contributed by atoms with E-state index in [0.717, 1.165) is 79.6 Å². The van der Waals surface area contributed by atoms with Gasteiger partial charge in [-0.05, 0) is 62.5 Å². The monoisotopic (exact) mass is 380 g/mol. The lowest BCUT2D eigenvalue weighted by atomic mass is 9.47. The number of esters is 2. The third-order valence-corrected chi connectivity index (χ3v) is 7.43. The smallest absolute Gasteiger partial charge is 0.340 e. The molecule has 4 nitrogen and oxygen atoms in total. The first-order valence-electron chi connectivity index (χ1n) is 10.9. The predicted octanol–water partition coefficient (Wildman–Crippen LogP) is 5.13. The highest BCUT2D eigenvalue weighted by Crippen LogP contribution is 2.68. The maximum Gasteiger partial charge on any atom is 0.340 e. The van der Waals surface area contributed by atoms with Crippen molar-refractivity contribution < 1.29 is 19.1 Å². The lowest BCUT2D eigenvalue weighted by Gasteiger charge is -2.54. The molecule has 1 spiro atoms. The summed E-state index contributed by atoms with van der Waals surface area (Å²) in [5, 5.41) is 0. The lowest BCUT2D eigenvalue weighted by Crippen LogP contribution is -2.50. The first-order valence-corrected chi connectivity index (χ1v) is 10.9. The molecule has 2 bridgehead atoms. The highest BCUT2D eigenvalue weighted by atomic mass is 16.5. The highest BCUT2D eigenvalue weighted by Gasteiger charge is 2.66. The summed E-state index contributed by atoms with van der Waals surface area (Å²) < 4.78 is 11.6. The standard InChI is InChI=1S/C24H28O4/c1-3-5-7-18-16-10-9-15-14-11-12-24(21(15)20(16)23(26)27-18)17(13-14)22(25)28-19(24)8-6-4-2/h7-8,13-15,21H,3-6,9-12H2,1-2H3/b18-7-,19-8-/t14-,15+,21-,24+/m1/s1. The molecule has 0 radical (unpaired) electrons. The summed E-state index contributed by atoms with van der Waals surface area (Å²) in [6, 6.07) is 0. The molecule has 1 saturated carbocycles. The molecule has 0 aromatic carbocycles. The molecule has 1 saturated heterocycles. The Bertz CT molecular complexity index is 871. The first-order chi connectivity index (χ1) is 13.6. The molecular formula is C24H28O4. The lowest BCUT2D eigenvalue weighted by molar-refractivity contribution is -0.135. The maximum absolute atomic E-state index is 13.0. The van der Waals surface area contributed by atoms with Crippen molar-refractivity contribution in [3.05, 3.63) is 46.5 Å². The van der Waals surface area contributed by atoms with E-state index in [2.05, 4.69) is 32.1 Å². The van der Waals surface area contributed by atoms with Gasteiger partial charge in [0, 0.05) is 22.6 Å². The van der Waals surface area contributed by atoms with Crippen molar-refractivity contribution in [3.63, 3.8) is 0 Å². The molecule has 2 heterocycles. The molecule has 2 fully saturated rings. The Labute approximate surface area is 166 Å². The summed E-state index contributed by atoms with van der Waals surface area (Å²) in [5.41, 5.74) is 2.29. The number of cyclic esters (lactones) is 2. The van der Waals surface area contributed by atoms with Crippen LogP contribution in [0.1, 0.15) is 65.2 Å². The Morgan fingerprint density at radius 2 is 1.86 bits per heavy atom. The largest absolute Gasteiger partial charge is 0.427 e. The molecule has 0 amide bonds. The molecule has 0 aromatic rings. The van der Waals surface area contributed by atoms with Crippen molar-refractivity contribution in [1.29, 1.82) is 0 Å². The van der Waals surface area contributed by atoms with Crippen LogP contribution in [0.2, 0.25) is 0 Å². The van der Waals surface area contributed by atoms with E-state index < -0.39 is 5.41 Å². The van der Waals surface area contributed by atoms with E-state index >= 15 is 0 Å². The van der Waals surface area contributed by atoms with Crippen LogP contribution in [0.15, 0.2) is 46.5 Å². The van der Waals surface area contributed by atoms with Crippen molar-refractivity contribution in [2.24, 2.45) is 23.2 Å². The van der Waals surface area contributed by atoms with Crippen LogP contribution in [0.5, 0.6) is 0 Å². The number of hydrogen-bond donors (Lipinski definition) is 0. The minimum atomic E-state index is -0.452. The second kappa shape index (κ2) is 6.47. The van der Waals surface area contributed by atoms with Crippen molar-refractivity contribution in [3.8, 4) is 0 Å². The summed E-state index contributed by atoms with van der Waals surface area (Å²) >= 11 is 0. The average molecular weight is 380 g/mol. The number of fused-ring (bicyclic) bond motifs is 1. The summed E-state index contributed by atoms with van der Waals surface area (Å²) in [6.45, 7) is 4.26. The minimum Gasteiger partial charge on any atom is -0.427 e. The summed E-state index contributed by atoms with van der Waals surface area (Å²) in [7, 11) is 0. The fourth-order valence-corrected chi connectivity index (χ4v) is 6.29. The van der Waals surface area contributed by atoms with E-state index in [0.29, 0.717) is 11.8 Å². The van der Waals surface area contributed by atoms with E-state index in [4.69, 9.17) is 9.47 Å². The summed E-state index contributed by atoms with van der Waals surface area (Å²) in [4.78, 5) is 25.8. The average Bonchev–Trinajstić information content (AvgIpc) is 3.19. The van der Waals surface area contributed by atoms with Gasteiger partial charge in [0.2, 0.25) is 0 Å². The van der Waals surface area contributed by atoms with Crippen LogP contribution < -0.4 is 0 Å². The number of hydrogen-bond acceptors (Lipinski definition) is 4. The van der Waals surface area contributed by atoms with Gasteiger partial charge in [-0.15, -0.1) is 0 Å². The van der Waals surface area contributed by atoms with Crippen molar-refractivity contribution in [1.82, 2.24) is 0 Å². The van der Waals surface area contributed by atoms with Crippen LogP contribution in [0.3, 0.4) is 0 Å². The number of unbranched alkanes of at least 4 members (excludes halogenated alkanes) is 2. The molecule has 0 unspecified atom stereocenters. The second-order valence-electron chi connectivity index (χ2n) is 8.82. The van der Waals surface area contributed by atoms with Crippen LogP contribution in [0.25, 0.3) is 0 Å². The van der Waals surface area contributed by atoms with Crippen molar-refractivity contribution in [2.45, 2.75) is 65.2 Å². The zero-order valence-corrected chi connectivity index (χ0v) is 16.8. The fourth-order valence-electron chi connectivity index (χ4n) is 6.29. The third-order valence-electron chi connectivity index (χ3n) is 7.43. The molecule has 4 aliphatic carbocycles. The first kappa shape index (κ1) is 18.0. The van der Waals surface area contributed by atoms with Gasteiger partial charge in [0.15, 0.2) is 0 Å². The summed E-state index contributed by atoms with van der Waals surface area (Å²) in [6.07, 6.45) is 14.1. The zero-order chi connectivity index (χ0) is 19.5. The Morgan fingerprint density at radius 3 is 2.64 bits per heavy atom. The van der Waals surface area contributed by atoms with Gasteiger partial charge in [-0.2, -0.15) is 0 Å². The van der Waals surface area contributed by atoms with E-state index in [-0.39, 0.29) is 17.9 Å². The molecule has 0 aromatic heterocycles. The fraction of sp³-hybridized carbons (Fsp3) is 0.583. The van der Waals surface area contributed by atoms with Crippen LogP contribution >= 0.6 is 0 Å². The third kappa shape index (κ3) is 2.23. The van der Waals surface area contributed by atoms with Gasteiger partial charge in [-0.25, -0.2) is 9.59 Å². The molecule has 4 atom stereocenters. The Hall–Kier alpha value is -2.10. The highest BCUT2D eigenvalue weighted by molar-refractivity contribution is 5.99. The molecule has 0 N–H and O–H groups in total. The Balaban J connectivity index is 1.68. The molecule has 6 aliphatic rings. The number of ether oxygens (including phenoxy) is 2. The molecule has 6 rings (SSSR count). The quantitative estimate of drug-likeness (QED) is 0.635. The normalized spacial score (nSPS) is 38.4. The molecule has 28 heavy (non-hydrogen) atoms. The van der Waals surface area contributed by atoms with Gasteiger partial charge in [-0.3, -0.25) is 0 Å². The Kier molecular flexibility index (Phi) is 4.15. The van der Waals surface area contributed by atoms with Crippen LogP contribution in [0, 0.1) is 23.2 Å². The van der Waals surface area contributed by atoms with Gasteiger partial charge >= 0.3 is 11.9 Å². The molecule has 4 heteroatoms. The molecule has 2 aliphatic heterocycles. The number of carbonyl (C=O) groups is 2. The van der Waals surface area contributed by atoms with Gasteiger partial charge in [0.05, 0.1) is 5.41 Å².